The summed E-state index contributed by atoms with van der Waals surface area (Å²) in [6, 6.07) is 5.10. The molecule has 3 nitrogen and oxygen atoms in total. The Kier molecular flexibility index (Phi) is 6.45. The highest BCUT2D eigenvalue weighted by Crippen LogP contribution is 2.31. The molecule has 0 saturated heterocycles. The lowest BCUT2D eigenvalue weighted by molar-refractivity contribution is -0.0501. The molecule has 1 aliphatic rings. The van der Waals surface area contributed by atoms with Crippen LogP contribution in [0.3, 0.4) is 0 Å². The first kappa shape index (κ1) is 16.9. The topological polar surface area (TPSA) is 32.7 Å². The average Bonchev–Trinajstić information content (AvgIpc) is 2.40. The third-order valence-corrected chi connectivity index (χ3v) is 3.21. The SMILES string of the molecule is C=S.CC(C)N1Cc2ccc(OC(F)F)cc2C(O)C1. The number of aliphatic hydroxyl groups is 1. The second-order valence-corrected chi connectivity index (χ2v) is 4.78. The maximum Gasteiger partial charge on any atom is 0.387 e. The van der Waals surface area contributed by atoms with Crippen LogP contribution in [0, 0.1) is 0 Å². The van der Waals surface area contributed by atoms with E-state index in [-0.39, 0.29) is 5.75 Å². The standard InChI is InChI=1S/C13H17F2NO2.CH2S/c1-8(2)16-6-9-3-4-10(18-13(14)15)5-11(9)12(17)7-16;1-2/h3-5,8,12-13,17H,6-7H2,1-2H3;1H2. The number of rotatable bonds is 3. The van der Waals surface area contributed by atoms with Gasteiger partial charge in [0.1, 0.15) is 5.75 Å². The van der Waals surface area contributed by atoms with Gasteiger partial charge in [-0.3, -0.25) is 4.90 Å². The van der Waals surface area contributed by atoms with Gasteiger partial charge in [-0.25, -0.2) is 0 Å². The number of thiocarbonyl (C=S) groups is 1. The molecular formula is C14H19F2NO2S. The summed E-state index contributed by atoms with van der Waals surface area (Å²) in [7, 11) is 0. The van der Waals surface area contributed by atoms with Crippen LogP contribution in [0.1, 0.15) is 31.1 Å². The van der Waals surface area contributed by atoms with E-state index in [1.54, 1.807) is 6.07 Å². The molecule has 0 saturated carbocycles. The maximum absolute atomic E-state index is 12.1. The molecular weight excluding hydrogens is 284 g/mol. The Morgan fingerprint density at radius 3 is 2.60 bits per heavy atom. The van der Waals surface area contributed by atoms with Gasteiger partial charge in [-0.1, -0.05) is 18.3 Å². The predicted octanol–water partition coefficient (Wildman–Crippen LogP) is 3.16. The first-order valence-corrected chi connectivity index (χ1v) is 6.83. The van der Waals surface area contributed by atoms with Crippen LogP contribution < -0.4 is 4.74 Å². The van der Waals surface area contributed by atoms with Crippen LogP contribution in [-0.4, -0.2) is 35.1 Å². The van der Waals surface area contributed by atoms with Gasteiger partial charge in [0.15, 0.2) is 0 Å². The molecule has 0 bridgehead atoms. The Morgan fingerprint density at radius 1 is 1.40 bits per heavy atom. The molecule has 1 unspecified atom stereocenters. The number of alkyl halides is 2. The average molecular weight is 303 g/mol. The zero-order valence-electron chi connectivity index (χ0n) is 11.6. The molecule has 0 aliphatic carbocycles. The number of halogens is 2. The lowest BCUT2D eigenvalue weighted by atomic mass is 9.96. The number of hydrogen-bond donors (Lipinski definition) is 1. The summed E-state index contributed by atoms with van der Waals surface area (Å²) in [5, 5.41) is 10.1. The summed E-state index contributed by atoms with van der Waals surface area (Å²) < 4.78 is 28.6. The summed E-state index contributed by atoms with van der Waals surface area (Å²) in [5.74, 6) is 2.93. The van der Waals surface area contributed by atoms with Crippen molar-refractivity contribution in [2.24, 2.45) is 0 Å². The van der Waals surface area contributed by atoms with Crippen molar-refractivity contribution in [1.29, 1.82) is 0 Å². The fourth-order valence-electron chi connectivity index (χ4n) is 2.20. The highest BCUT2D eigenvalue weighted by Gasteiger charge is 2.25. The Balaban J connectivity index is 0.000000956. The minimum absolute atomic E-state index is 0.0980. The zero-order chi connectivity index (χ0) is 15.3. The van der Waals surface area contributed by atoms with Crippen LogP contribution in [-0.2, 0) is 6.54 Å². The molecule has 1 aliphatic heterocycles. The van der Waals surface area contributed by atoms with E-state index < -0.39 is 12.7 Å². The highest BCUT2D eigenvalue weighted by molar-refractivity contribution is 7.77. The number of benzene rings is 1. The monoisotopic (exact) mass is 303 g/mol. The Bertz CT molecular complexity index is 443. The number of nitrogens with zero attached hydrogens (tertiary/aromatic N) is 1. The van der Waals surface area contributed by atoms with Gasteiger partial charge in [-0.2, -0.15) is 8.78 Å². The van der Waals surface area contributed by atoms with E-state index in [1.165, 1.54) is 12.1 Å². The fourth-order valence-corrected chi connectivity index (χ4v) is 2.20. The normalized spacial score (nSPS) is 18.4. The van der Waals surface area contributed by atoms with Crippen molar-refractivity contribution < 1.29 is 18.6 Å². The molecule has 0 amide bonds. The molecule has 112 valence electrons. The molecule has 0 fully saturated rings. The lowest BCUT2D eigenvalue weighted by Gasteiger charge is -2.35. The summed E-state index contributed by atoms with van der Waals surface area (Å²) in [6.07, 6.45) is -0.655. The predicted molar refractivity (Wildman–Crippen MR) is 78.3 cm³/mol. The van der Waals surface area contributed by atoms with Gasteiger partial charge in [0.05, 0.1) is 6.10 Å². The minimum Gasteiger partial charge on any atom is -0.435 e. The van der Waals surface area contributed by atoms with E-state index in [4.69, 9.17) is 0 Å². The van der Waals surface area contributed by atoms with Crippen LogP contribution in [0.5, 0.6) is 5.75 Å². The van der Waals surface area contributed by atoms with Gasteiger partial charge in [-0.05, 0) is 43.0 Å². The fraction of sp³-hybridized carbons (Fsp3) is 0.500. The van der Waals surface area contributed by atoms with Gasteiger partial charge in [0.25, 0.3) is 0 Å². The number of β-amino-alcohol motifs (C(OH)–C–C–N with tert-alkyl or cyclic N) is 1. The van der Waals surface area contributed by atoms with Crippen molar-refractivity contribution in [3.8, 4) is 5.75 Å². The van der Waals surface area contributed by atoms with Gasteiger partial charge in [0, 0.05) is 19.1 Å². The molecule has 2 rings (SSSR count). The summed E-state index contributed by atoms with van der Waals surface area (Å²) in [4.78, 5) is 2.14. The third kappa shape index (κ3) is 4.19. The van der Waals surface area contributed by atoms with E-state index in [0.717, 1.165) is 12.1 Å². The summed E-state index contributed by atoms with van der Waals surface area (Å²) in [6.45, 7) is 2.52. The second-order valence-electron chi connectivity index (χ2n) is 4.78. The van der Waals surface area contributed by atoms with E-state index in [9.17, 15) is 13.9 Å². The third-order valence-electron chi connectivity index (χ3n) is 3.21. The lowest BCUT2D eigenvalue weighted by Crippen LogP contribution is -2.38. The molecule has 0 aromatic heterocycles. The van der Waals surface area contributed by atoms with Crippen molar-refractivity contribution in [3.05, 3.63) is 29.3 Å². The first-order valence-electron chi connectivity index (χ1n) is 6.26. The quantitative estimate of drug-likeness (QED) is 0.870. The Labute approximate surface area is 123 Å². The molecule has 0 spiro atoms. The molecule has 1 atom stereocenters. The largest absolute Gasteiger partial charge is 0.435 e. The second kappa shape index (κ2) is 7.61. The molecule has 6 heteroatoms. The van der Waals surface area contributed by atoms with Crippen molar-refractivity contribution in [3.63, 3.8) is 0 Å². The van der Waals surface area contributed by atoms with Gasteiger partial charge < -0.3 is 9.84 Å². The molecule has 0 radical (unpaired) electrons. The molecule has 1 N–H and O–H groups in total. The van der Waals surface area contributed by atoms with Crippen molar-refractivity contribution >= 4 is 18.1 Å². The zero-order valence-corrected chi connectivity index (χ0v) is 12.4. The van der Waals surface area contributed by atoms with Crippen LogP contribution in [0.4, 0.5) is 8.78 Å². The van der Waals surface area contributed by atoms with E-state index in [1.807, 2.05) is 0 Å². The smallest absolute Gasteiger partial charge is 0.387 e. The van der Waals surface area contributed by atoms with E-state index >= 15 is 0 Å². The van der Waals surface area contributed by atoms with Crippen LogP contribution in [0.2, 0.25) is 0 Å². The molecule has 20 heavy (non-hydrogen) atoms. The number of aliphatic hydroxyl groups excluding tert-OH is 1. The first-order chi connectivity index (χ1) is 9.47. The van der Waals surface area contributed by atoms with E-state index in [2.05, 4.69) is 41.6 Å². The van der Waals surface area contributed by atoms with Gasteiger partial charge in [0.2, 0.25) is 0 Å². The number of ether oxygens (including phenoxy) is 1. The highest BCUT2D eigenvalue weighted by atomic mass is 32.1. The van der Waals surface area contributed by atoms with E-state index in [0.29, 0.717) is 18.2 Å². The Hall–Kier alpha value is -1.11. The van der Waals surface area contributed by atoms with Crippen molar-refractivity contribution in [2.75, 3.05) is 6.54 Å². The van der Waals surface area contributed by atoms with Crippen molar-refractivity contribution in [1.82, 2.24) is 4.90 Å². The minimum atomic E-state index is -2.84. The number of hydrogen-bond acceptors (Lipinski definition) is 4. The molecule has 1 aromatic carbocycles. The van der Waals surface area contributed by atoms with Crippen LogP contribution in [0.15, 0.2) is 18.2 Å². The maximum atomic E-state index is 12.1. The van der Waals surface area contributed by atoms with Crippen molar-refractivity contribution in [2.45, 2.75) is 39.1 Å². The molecule has 1 heterocycles. The summed E-state index contributed by atoms with van der Waals surface area (Å²) >= 11 is 3.83. The van der Waals surface area contributed by atoms with Gasteiger partial charge >= 0.3 is 6.61 Å². The summed E-state index contributed by atoms with van der Waals surface area (Å²) in [5.41, 5.74) is 1.65. The number of fused-ring (bicyclic) bond motifs is 1. The van der Waals surface area contributed by atoms with Gasteiger partial charge in [-0.15, -0.1) is 0 Å². The van der Waals surface area contributed by atoms with Crippen LogP contribution >= 0.6 is 12.2 Å². The Morgan fingerprint density at radius 2 is 2.05 bits per heavy atom. The van der Waals surface area contributed by atoms with Crippen LogP contribution in [0.25, 0.3) is 0 Å². The molecule has 1 aromatic rings.